The van der Waals surface area contributed by atoms with Gasteiger partial charge < -0.3 is 14.2 Å². The van der Waals surface area contributed by atoms with E-state index in [-0.39, 0.29) is 23.4 Å². The van der Waals surface area contributed by atoms with E-state index in [2.05, 4.69) is 5.32 Å². The van der Waals surface area contributed by atoms with Crippen LogP contribution in [0.1, 0.15) is 43.6 Å². The Morgan fingerprint density at radius 3 is 2.06 bits per heavy atom. The zero-order chi connectivity index (χ0) is 24.0. The Bertz CT molecular complexity index is 1100. The Labute approximate surface area is 200 Å². The Morgan fingerprint density at radius 1 is 0.941 bits per heavy atom. The van der Waals surface area contributed by atoms with Crippen molar-refractivity contribution in [2.24, 2.45) is 0 Å². The molecule has 4 rings (SSSR count). The number of anilines is 1. The van der Waals surface area contributed by atoms with Crippen molar-refractivity contribution in [3.63, 3.8) is 0 Å². The van der Waals surface area contributed by atoms with Gasteiger partial charge in [0.1, 0.15) is 11.5 Å². The summed E-state index contributed by atoms with van der Waals surface area (Å²) in [6.07, 6.45) is 8.29. The predicted molar refractivity (Wildman–Crippen MR) is 128 cm³/mol. The summed E-state index contributed by atoms with van der Waals surface area (Å²) in [5.41, 5.74) is 0.542. The third-order valence-electron chi connectivity index (χ3n) is 6.19. The molecular formula is C25H31N3O5S. The lowest BCUT2D eigenvalue weighted by Crippen LogP contribution is -2.38. The average molecular weight is 486 g/mol. The normalized spacial score (nSPS) is 15.1. The quantitative estimate of drug-likeness (QED) is 0.455. The second-order valence-electron chi connectivity index (χ2n) is 8.69. The minimum atomic E-state index is -3.57. The molecule has 3 aromatic rings. The molecule has 0 bridgehead atoms. The van der Waals surface area contributed by atoms with Gasteiger partial charge in [-0.15, -0.1) is 0 Å². The van der Waals surface area contributed by atoms with E-state index in [9.17, 15) is 13.2 Å². The van der Waals surface area contributed by atoms with Gasteiger partial charge in [-0.25, -0.2) is 8.42 Å². The fourth-order valence-electron chi connectivity index (χ4n) is 4.33. The van der Waals surface area contributed by atoms with E-state index in [1.165, 1.54) is 10.7 Å². The molecule has 34 heavy (non-hydrogen) atoms. The lowest BCUT2D eigenvalue weighted by molar-refractivity contribution is -0.117. The number of nitrogens with one attached hydrogen (secondary N) is 1. The molecule has 0 saturated heterocycles. The largest absolute Gasteiger partial charge is 0.468 e. The number of hydrogen-bond donors (Lipinski definition) is 1. The Hall–Kier alpha value is -2.88. The highest BCUT2D eigenvalue weighted by Crippen LogP contribution is 2.27. The number of furan rings is 2. The van der Waals surface area contributed by atoms with Crippen molar-refractivity contribution in [2.45, 2.75) is 56.1 Å². The van der Waals surface area contributed by atoms with Crippen LogP contribution in [0.4, 0.5) is 5.69 Å². The molecule has 1 fully saturated rings. The summed E-state index contributed by atoms with van der Waals surface area (Å²) in [7, 11) is -1.91. The summed E-state index contributed by atoms with van der Waals surface area (Å²) in [6, 6.07) is 13.7. The van der Waals surface area contributed by atoms with Crippen LogP contribution in [0.3, 0.4) is 0 Å². The summed E-state index contributed by atoms with van der Waals surface area (Å²) < 4.78 is 38.4. The standard InChI is InChI=1S/C25H31N3O5S/c1-27(21-7-3-2-4-8-21)34(30,31)24-13-11-20(12-14-24)26-25(29)19-28(17-22-9-5-15-32-22)18-23-10-6-16-33-23/h5-6,9-16,21H,2-4,7-8,17-19H2,1H3,(H,26,29). The molecule has 1 aromatic carbocycles. The number of nitrogens with zero attached hydrogens (tertiary/aromatic N) is 2. The lowest BCUT2D eigenvalue weighted by atomic mass is 9.96. The smallest absolute Gasteiger partial charge is 0.243 e. The van der Waals surface area contributed by atoms with Gasteiger partial charge in [0.05, 0.1) is 37.1 Å². The first-order valence-electron chi connectivity index (χ1n) is 11.6. The first-order chi connectivity index (χ1) is 16.4. The van der Waals surface area contributed by atoms with Crippen LogP contribution in [0.5, 0.6) is 0 Å². The van der Waals surface area contributed by atoms with Crippen LogP contribution >= 0.6 is 0 Å². The van der Waals surface area contributed by atoms with Gasteiger partial charge in [-0.1, -0.05) is 19.3 Å². The first-order valence-corrected chi connectivity index (χ1v) is 13.0. The molecule has 0 radical (unpaired) electrons. The van der Waals surface area contributed by atoms with Crippen molar-refractivity contribution in [2.75, 3.05) is 18.9 Å². The Morgan fingerprint density at radius 2 is 1.53 bits per heavy atom. The molecule has 2 aromatic heterocycles. The third kappa shape index (κ3) is 6.16. The van der Waals surface area contributed by atoms with E-state index in [1.807, 2.05) is 29.2 Å². The van der Waals surface area contributed by atoms with Crippen molar-refractivity contribution in [3.8, 4) is 0 Å². The SMILES string of the molecule is CN(C1CCCCC1)S(=O)(=O)c1ccc(NC(=O)CN(Cc2ccco2)Cc2ccco2)cc1. The average Bonchev–Trinajstić information content (AvgIpc) is 3.54. The molecule has 9 heteroatoms. The monoisotopic (exact) mass is 485 g/mol. The fourth-order valence-corrected chi connectivity index (χ4v) is 5.75. The van der Waals surface area contributed by atoms with Gasteiger partial charge in [0.15, 0.2) is 0 Å². The Balaban J connectivity index is 1.38. The summed E-state index contributed by atoms with van der Waals surface area (Å²) in [5.74, 6) is 1.28. The van der Waals surface area contributed by atoms with Gasteiger partial charge in [0.25, 0.3) is 0 Å². The van der Waals surface area contributed by atoms with Gasteiger partial charge in [-0.05, 0) is 61.4 Å². The van der Waals surface area contributed by atoms with E-state index in [0.29, 0.717) is 18.8 Å². The van der Waals surface area contributed by atoms with Crippen molar-refractivity contribution < 1.29 is 22.0 Å². The minimum Gasteiger partial charge on any atom is -0.468 e. The summed E-state index contributed by atoms with van der Waals surface area (Å²) in [4.78, 5) is 14.9. The molecule has 0 atom stereocenters. The predicted octanol–water partition coefficient (Wildman–Crippen LogP) is 4.47. The highest BCUT2D eigenvalue weighted by atomic mass is 32.2. The van der Waals surface area contributed by atoms with Crippen molar-refractivity contribution in [1.82, 2.24) is 9.21 Å². The number of sulfonamides is 1. The van der Waals surface area contributed by atoms with Gasteiger partial charge in [-0.2, -0.15) is 4.31 Å². The van der Waals surface area contributed by atoms with Crippen molar-refractivity contribution >= 4 is 21.6 Å². The van der Waals surface area contributed by atoms with E-state index >= 15 is 0 Å². The van der Waals surface area contributed by atoms with Crippen LogP contribution in [0.2, 0.25) is 0 Å². The van der Waals surface area contributed by atoms with Crippen molar-refractivity contribution in [3.05, 3.63) is 72.6 Å². The zero-order valence-electron chi connectivity index (χ0n) is 19.4. The zero-order valence-corrected chi connectivity index (χ0v) is 20.2. The van der Waals surface area contributed by atoms with E-state index in [4.69, 9.17) is 8.83 Å². The van der Waals surface area contributed by atoms with Gasteiger partial charge in [0, 0.05) is 18.8 Å². The van der Waals surface area contributed by atoms with Crippen LogP contribution < -0.4 is 5.32 Å². The number of benzene rings is 1. The van der Waals surface area contributed by atoms with Crippen molar-refractivity contribution in [1.29, 1.82) is 0 Å². The maximum atomic E-state index is 13.0. The highest BCUT2D eigenvalue weighted by molar-refractivity contribution is 7.89. The fraction of sp³-hybridized carbons (Fsp3) is 0.400. The summed E-state index contributed by atoms with van der Waals surface area (Å²) in [5, 5.41) is 2.85. The van der Waals surface area contributed by atoms with Crippen LogP contribution in [-0.2, 0) is 27.9 Å². The third-order valence-corrected chi connectivity index (χ3v) is 8.11. The molecule has 1 saturated carbocycles. The molecule has 1 aliphatic rings. The van der Waals surface area contributed by atoms with E-state index in [1.54, 1.807) is 43.8 Å². The van der Waals surface area contributed by atoms with Gasteiger partial charge in [0.2, 0.25) is 15.9 Å². The van der Waals surface area contributed by atoms with Crippen LogP contribution in [0, 0.1) is 0 Å². The van der Waals surface area contributed by atoms with E-state index in [0.717, 1.165) is 37.2 Å². The number of carbonyl (C=O) groups is 1. The first kappa shape index (κ1) is 24.3. The molecule has 1 amide bonds. The molecule has 182 valence electrons. The van der Waals surface area contributed by atoms with Gasteiger partial charge in [-0.3, -0.25) is 9.69 Å². The molecular weight excluding hydrogens is 454 g/mol. The molecule has 1 N–H and O–H groups in total. The lowest BCUT2D eigenvalue weighted by Gasteiger charge is -2.30. The number of hydrogen-bond acceptors (Lipinski definition) is 6. The molecule has 2 heterocycles. The Kier molecular flexibility index (Phi) is 7.87. The number of carbonyl (C=O) groups excluding carboxylic acids is 1. The maximum absolute atomic E-state index is 13.0. The van der Waals surface area contributed by atoms with Gasteiger partial charge >= 0.3 is 0 Å². The highest BCUT2D eigenvalue weighted by Gasteiger charge is 2.29. The minimum absolute atomic E-state index is 0.0486. The van der Waals surface area contributed by atoms with Crippen LogP contribution in [0.15, 0.2) is 74.8 Å². The summed E-state index contributed by atoms with van der Waals surface area (Å²) >= 11 is 0. The molecule has 0 unspecified atom stereocenters. The molecule has 1 aliphatic carbocycles. The van der Waals surface area contributed by atoms with Crippen LogP contribution in [-0.4, -0.2) is 43.2 Å². The van der Waals surface area contributed by atoms with E-state index < -0.39 is 10.0 Å². The summed E-state index contributed by atoms with van der Waals surface area (Å²) in [6.45, 7) is 1.02. The molecule has 0 spiro atoms. The topological polar surface area (TPSA) is 96.0 Å². The second kappa shape index (κ2) is 11.0. The molecule has 8 nitrogen and oxygen atoms in total. The molecule has 0 aliphatic heterocycles. The number of rotatable bonds is 10. The van der Waals surface area contributed by atoms with Crippen LogP contribution in [0.25, 0.3) is 0 Å². The maximum Gasteiger partial charge on any atom is 0.243 e. The number of amides is 1. The second-order valence-corrected chi connectivity index (χ2v) is 10.7.